The third-order valence-electron chi connectivity index (χ3n) is 5.61. The van der Waals surface area contributed by atoms with Crippen molar-refractivity contribution in [3.05, 3.63) is 0 Å². The fourth-order valence-corrected chi connectivity index (χ4v) is 4.33. The lowest BCUT2D eigenvalue weighted by Crippen LogP contribution is -2.48. The van der Waals surface area contributed by atoms with E-state index in [0.717, 1.165) is 44.2 Å². The molecule has 1 atom stereocenters. The van der Waals surface area contributed by atoms with Crippen LogP contribution in [0.25, 0.3) is 0 Å². The Kier molecular flexibility index (Phi) is 3.75. The quantitative estimate of drug-likeness (QED) is 0.852. The Morgan fingerprint density at radius 1 is 0.950 bits per heavy atom. The molecule has 4 heteroatoms. The third-order valence-corrected chi connectivity index (χ3v) is 5.61. The Morgan fingerprint density at radius 2 is 1.65 bits per heavy atom. The molecule has 114 valence electrons. The number of hydrogen-bond acceptors (Lipinski definition) is 4. The van der Waals surface area contributed by atoms with E-state index in [1.54, 1.807) is 0 Å². The zero-order valence-electron chi connectivity index (χ0n) is 12.5. The van der Waals surface area contributed by atoms with Crippen LogP contribution in [0.3, 0.4) is 0 Å². The Hall–Kier alpha value is -0.160. The predicted octanol–water partition coefficient (Wildman–Crippen LogP) is 1.89. The first-order valence-electron chi connectivity index (χ1n) is 8.62. The topological polar surface area (TPSA) is 33.7 Å². The molecule has 2 saturated carbocycles. The largest absolute Gasteiger partial charge is 0.348 e. The lowest BCUT2D eigenvalue weighted by Gasteiger charge is -2.41. The van der Waals surface area contributed by atoms with E-state index in [9.17, 15) is 0 Å². The van der Waals surface area contributed by atoms with Crippen LogP contribution in [0.4, 0.5) is 0 Å². The molecule has 0 bridgehead atoms. The molecule has 20 heavy (non-hydrogen) atoms. The van der Waals surface area contributed by atoms with Crippen LogP contribution in [0.15, 0.2) is 0 Å². The van der Waals surface area contributed by atoms with Crippen LogP contribution in [0.5, 0.6) is 0 Å². The summed E-state index contributed by atoms with van der Waals surface area (Å²) in [7, 11) is 0. The van der Waals surface area contributed by atoms with Crippen LogP contribution >= 0.6 is 0 Å². The van der Waals surface area contributed by atoms with E-state index >= 15 is 0 Å². The van der Waals surface area contributed by atoms with Crippen molar-refractivity contribution in [2.45, 2.75) is 75.3 Å². The summed E-state index contributed by atoms with van der Waals surface area (Å²) in [5, 5.41) is 3.67. The molecule has 4 rings (SSSR count). The van der Waals surface area contributed by atoms with Crippen molar-refractivity contribution in [2.24, 2.45) is 0 Å². The van der Waals surface area contributed by atoms with E-state index in [4.69, 9.17) is 9.47 Å². The van der Waals surface area contributed by atoms with Gasteiger partial charge in [0.15, 0.2) is 5.79 Å². The normalized spacial score (nSPS) is 34.4. The minimum atomic E-state index is -0.197. The van der Waals surface area contributed by atoms with Crippen LogP contribution in [0.1, 0.15) is 51.4 Å². The first-order valence-corrected chi connectivity index (χ1v) is 8.62. The Balaban J connectivity index is 1.35. The summed E-state index contributed by atoms with van der Waals surface area (Å²) in [5.41, 5.74) is 0. The minimum absolute atomic E-state index is 0.197. The molecule has 1 N–H and O–H groups in total. The number of hydrogen-bond donors (Lipinski definition) is 1. The van der Waals surface area contributed by atoms with Crippen molar-refractivity contribution in [2.75, 3.05) is 26.3 Å². The zero-order chi connectivity index (χ0) is 13.4. The van der Waals surface area contributed by atoms with Crippen molar-refractivity contribution in [1.82, 2.24) is 10.2 Å². The van der Waals surface area contributed by atoms with Gasteiger partial charge in [0.05, 0.1) is 13.2 Å². The van der Waals surface area contributed by atoms with Crippen molar-refractivity contribution in [3.8, 4) is 0 Å². The summed E-state index contributed by atoms with van der Waals surface area (Å²) in [5.74, 6) is -0.197. The molecule has 4 nitrogen and oxygen atoms in total. The standard InChI is InChI=1S/C16H28N2O2/c1-2-13(17-9-1)12-18(14-3-4-14)15-5-7-16(8-6-15)19-10-11-20-16/h13-15,17H,1-12H2. The molecular formula is C16H28N2O2. The Labute approximate surface area is 122 Å². The van der Waals surface area contributed by atoms with Gasteiger partial charge in [-0.2, -0.15) is 0 Å². The molecule has 1 unspecified atom stereocenters. The fraction of sp³-hybridized carbons (Fsp3) is 1.00. The van der Waals surface area contributed by atoms with E-state index in [-0.39, 0.29) is 5.79 Å². The number of nitrogens with zero attached hydrogens (tertiary/aromatic N) is 1. The van der Waals surface area contributed by atoms with E-state index in [1.165, 1.54) is 51.6 Å². The lowest BCUT2D eigenvalue weighted by atomic mass is 9.88. The average Bonchev–Trinajstić information content (AvgIpc) is 2.99. The first-order chi connectivity index (χ1) is 9.85. The summed E-state index contributed by atoms with van der Waals surface area (Å²) in [6.45, 7) is 4.08. The zero-order valence-corrected chi connectivity index (χ0v) is 12.5. The van der Waals surface area contributed by atoms with Crippen molar-refractivity contribution in [1.29, 1.82) is 0 Å². The highest BCUT2D eigenvalue weighted by atomic mass is 16.7. The highest BCUT2D eigenvalue weighted by Gasteiger charge is 2.44. The summed E-state index contributed by atoms with van der Waals surface area (Å²) in [6.07, 6.45) is 10.3. The summed E-state index contributed by atoms with van der Waals surface area (Å²) < 4.78 is 11.7. The van der Waals surface area contributed by atoms with Gasteiger partial charge in [0.1, 0.15) is 0 Å². The molecule has 0 aromatic rings. The second-order valence-corrected chi connectivity index (χ2v) is 7.06. The van der Waals surface area contributed by atoms with Gasteiger partial charge in [0.25, 0.3) is 0 Å². The maximum absolute atomic E-state index is 5.87. The van der Waals surface area contributed by atoms with Crippen LogP contribution in [-0.4, -0.2) is 55.1 Å². The van der Waals surface area contributed by atoms with Crippen LogP contribution in [0.2, 0.25) is 0 Å². The summed E-state index contributed by atoms with van der Waals surface area (Å²) in [6, 6.07) is 2.38. The van der Waals surface area contributed by atoms with Gasteiger partial charge >= 0.3 is 0 Å². The lowest BCUT2D eigenvalue weighted by molar-refractivity contribution is -0.184. The van der Waals surface area contributed by atoms with Gasteiger partial charge in [-0.05, 0) is 45.1 Å². The molecule has 2 aliphatic carbocycles. The van der Waals surface area contributed by atoms with Gasteiger partial charge in [-0.1, -0.05) is 0 Å². The highest BCUT2D eigenvalue weighted by molar-refractivity contribution is 4.95. The molecule has 0 aromatic carbocycles. The molecule has 4 fully saturated rings. The molecule has 4 aliphatic rings. The van der Waals surface area contributed by atoms with E-state index in [1.807, 2.05) is 0 Å². The fourth-order valence-electron chi connectivity index (χ4n) is 4.33. The second kappa shape index (κ2) is 5.56. The number of nitrogens with one attached hydrogen (secondary N) is 1. The number of ether oxygens (including phenoxy) is 2. The van der Waals surface area contributed by atoms with Gasteiger partial charge in [0, 0.05) is 37.5 Å². The average molecular weight is 280 g/mol. The monoisotopic (exact) mass is 280 g/mol. The maximum Gasteiger partial charge on any atom is 0.168 e. The SMILES string of the molecule is C1CNC(CN(C2CC2)C2CCC3(CC2)OCCO3)C1. The number of rotatable bonds is 4. The molecule has 1 spiro atoms. The van der Waals surface area contributed by atoms with Gasteiger partial charge in [0.2, 0.25) is 0 Å². The Bertz CT molecular complexity index is 323. The molecular weight excluding hydrogens is 252 g/mol. The van der Waals surface area contributed by atoms with E-state index in [2.05, 4.69) is 10.2 Å². The molecule has 2 saturated heterocycles. The summed E-state index contributed by atoms with van der Waals surface area (Å²) >= 11 is 0. The molecule has 0 radical (unpaired) electrons. The second-order valence-electron chi connectivity index (χ2n) is 7.06. The van der Waals surface area contributed by atoms with Crippen LogP contribution in [0, 0.1) is 0 Å². The molecule has 0 amide bonds. The smallest absolute Gasteiger partial charge is 0.168 e. The van der Waals surface area contributed by atoms with Gasteiger partial charge in [-0.15, -0.1) is 0 Å². The van der Waals surface area contributed by atoms with Crippen molar-refractivity contribution < 1.29 is 9.47 Å². The van der Waals surface area contributed by atoms with Crippen molar-refractivity contribution in [3.63, 3.8) is 0 Å². The maximum atomic E-state index is 5.87. The molecule has 0 aromatic heterocycles. The highest BCUT2D eigenvalue weighted by Crippen LogP contribution is 2.40. The third kappa shape index (κ3) is 2.76. The Morgan fingerprint density at radius 3 is 2.25 bits per heavy atom. The van der Waals surface area contributed by atoms with Gasteiger partial charge < -0.3 is 14.8 Å². The van der Waals surface area contributed by atoms with E-state index < -0.39 is 0 Å². The minimum Gasteiger partial charge on any atom is -0.348 e. The predicted molar refractivity (Wildman–Crippen MR) is 77.6 cm³/mol. The molecule has 2 heterocycles. The van der Waals surface area contributed by atoms with E-state index in [0.29, 0.717) is 0 Å². The van der Waals surface area contributed by atoms with Crippen LogP contribution < -0.4 is 5.32 Å². The van der Waals surface area contributed by atoms with Gasteiger partial charge in [-0.25, -0.2) is 0 Å². The van der Waals surface area contributed by atoms with Crippen LogP contribution in [-0.2, 0) is 9.47 Å². The van der Waals surface area contributed by atoms with Gasteiger partial charge in [-0.3, -0.25) is 4.90 Å². The first kappa shape index (κ1) is 13.5. The molecule has 2 aliphatic heterocycles. The summed E-state index contributed by atoms with van der Waals surface area (Å²) in [4.78, 5) is 2.82. The van der Waals surface area contributed by atoms with Crippen molar-refractivity contribution >= 4 is 0 Å².